The highest BCUT2D eigenvalue weighted by Gasteiger charge is 2.31. The molecule has 2 aliphatic heterocycles. The number of hydrogen-bond acceptors (Lipinski definition) is 5. The molecule has 7 rings (SSSR count). The molecule has 0 spiro atoms. The summed E-state index contributed by atoms with van der Waals surface area (Å²) < 4.78 is 13.4. The Kier molecular flexibility index (Phi) is 7.43. The van der Waals surface area contributed by atoms with Crippen LogP contribution in [0.1, 0.15) is 67.0 Å². The molecule has 7 nitrogen and oxygen atoms in total. The molecule has 1 amide bonds. The Morgan fingerprint density at radius 2 is 1.86 bits per heavy atom. The van der Waals surface area contributed by atoms with E-state index in [0.717, 1.165) is 27.9 Å². The van der Waals surface area contributed by atoms with Crippen molar-refractivity contribution < 1.29 is 13.9 Å². The number of benzene rings is 2. The number of carbonyl (C=O) groups is 1. The van der Waals surface area contributed by atoms with Crippen LogP contribution in [0.15, 0.2) is 71.5 Å². The maximum absolute atomic E-state index is 13.9. The number of aromatic nitrogens is 2. The van der Waals surface area contributed by atoms with Gasteiger partial charge in [-0.2, -0.15) is 0 Å². The molecule has 1 saturated carbocycles. The average molecular weight is 563 g/mol. The quantitative estimate of drug-likeness (QED) is 0.263. The summed E-state index contributed by atoms with van der Waals surface area (Å²) in [5.74, 6) is 1.22. The van der Waals surface area contributed by atoms with Gasteiger partial charge in [0.05, 0.1) is 38.2 Å². The van der Waals surface area contributed by atoms with Crippen molar-refractivity contribution in [1.82, 2.24) is 19.8 Å². The largest absolute Gasteiger partial charge is 0.447 e. The monoisotopic (exact) mass is 562 g/mol. The van der Waals surface area contributed by atoms with Gasteiger partial charge in [-0.15, -0.1) is 0 Å². The van der Waals surface area contributed by atoms with Crippen LogP contribution in [0.3, 0.4) is 0 Å². The predicted octanol–water partition coefficient (Wildman–Crippen LogP) is 6.75. The summed E-state index contributed by atoms with van der Waals surface area (Å²) in [6.07, 6.45) is 12.9. The van der Waals surface area contributed by atoms with E-state index in [2.05, 4.69) is 70.0 Å². The van der Waals surface area contributed by atoms with Gasteiger partial charge in [0.1, 0.15) is 6.26 Å². The number of hydrogen-bond donors (Lipinski definition) is 1. The van der Waals surface area contributed by atoms with Crippen LogP contribution in [0.2, 0.25) is 0 Å². The van der Waals surface area contributed by atoms with Crippen LogP contribution in [0.4, 0.5) is 0 Å². The molecule has 4 aromatic rings. The molecular formula is C35H38N4O3. The van der Waals surface area contributed by atoms with Crippen LogP contribution in [0, 0.1) is 0 Å². The summed E-state index contributed by atoms with van der Waals surface area (Å²) in [7, 11) is 0. The van der Waals surface area contributed by atoms with Gasteiger partial charge in [0.2, 0.25) is 5.89 Å². The molecule has 1 N–H and O–H groups in total. The predicted molar refractivity (Wildman–Crippen MR) is 166 cm³/mol. The van der Waals surface area contributed by atoms with E-state index in [1.54, 1.807) is 12.5 Å². The van der Waals surface area contributed by atoms with Crippen molar-refractivity contribution in [3.05, 3.63) is 89.7 Å². The van der Waals surface area contributed by atoms with Crippen LogP contribution in [-0.4, -0.2) is 46.7 Å². The lowest BCUT2D eigenvalue weighted by molar-refractivity contribution is -0.131. The van der Waals surface area contributed by atoms with Gasteiger partial charge in [-0.1, -0.05) is 68.7 Å². The Bertz CT molecular complexity index is 1630. The fourth-order valence-electron chi connectivity index (χ4n) is 6.97. The lowest BCUT2D eigenvalue weighted by Gasteiger charge is -2.28. The molecule has 216 valence electrons. The van der Waals surface area contributed by atoms with Crippen LogP contribution in [-0.2, 0) is 22.6 Å². The van der Waals surface area contributed by atoms with Crippen molar-refractivity contribution in [2.45, 2.75) is 57.5 Å². The first-order valence-corrected chi connectivity index (χ1v) is 15.3. The Hall–Kier alpha value is -4.10. The Morgan fingerprint density at radius 3 is 2.64 bits per heavy atom. The molecule has 2 fully saturated rings. The van der Waals surface area contributed by atoms with Gasteiger partial charge in [0.15, 0.2) is 0 Å². The summed E-state index contributed by atoms with van der Waals surface area (Å²) in [4.78, 5) is 20.1. The molecule has 0 unspecified atom stereocenters. The zero-order valence-corrected chi connectivity index (χ0v) is 24.1. The van der Waals surface area contributed by atoms with Gasteiger partial charge in [-0.05, 0) is 47.6 Å². The molecule has 7 heteroatoms. The highest BCUT2D eigenvalue weighted by Crippen LogP contribution is 2.46. The third kappa shape index (κ3) is 5.07. The molecule has 2 aromatic heterocycles. The first-order valence-electron chi connectivity index (χ1n) is 15.3. The number of nitrogens with zero attached hydrogens (tertiary/aromatic N) is 3. The normalized spacial score (nSPS) is 17.6. The summed E-state index contributed by atoms with van der Waals surface area (Å²) in [5.41, 5.74) is 8.83. The molecule has 2 aromatic carbocycles. The number of ether oxygens (including phenoxy) is 1. The zero-order chi connectivity index (χ0) is 28.5. The number of amides is 1. The second-order valence-corrected chi connectivity index (χ2v) is 11.7. The van der Waals surface area contributed by atoms with Crippen LogP contribution >= 0.6 is 0 Å². The molecule has 4 heterocycles. The molecule has 0 bridgehead atoms. The lowest BCUT2D eigenvalue weighted by atomic mass is 9.86. The highest BCUT2D eigenvalue weighted by molar-refractivity contribution is 6.02. The van der Waals surface area contributed by atoms with Crippen molar-refractivity contribution in [2.24, 2.45) is 0 Å². The second kappa shape index (κ2) is 11.6. The summed E-state index contributed by atoms with van der Waals surface area (Å²) in [6, 6.07) is 15.3. The van der Waals surface area contributed by atoms with E-state index in [9.17, 15) is 4.79 Å². The number of nitrogens with one attached hydrogen (secondary N) is 1. The highest BCUT2D eigenvalue weighted by atomic mass is 16.5. The van der Waals surface area contributed by atoms with Crippen molar-refractivity contribution in [3.63, 3.8) is 0 Å². The van der Waals surface area contributed by atoms with E-state index in [-0.39, 0.29) is 5.91 Å². The first kappa shape index (κ1) is 26.8. The third-order valence-electron chi connectivity index (χ3n) is 9.10. The van der Waals surface area contributed by atoms with Gasteiger partial charge in [-0.3, -0.25) is 4.79 Å². The van der Waals surface area contributed by atoms with Gasteiger partial charge in [0, 0.05) is 40.8 Å². The average Bonchev–Trinajstić information content (AvgIpc) is 3.51. The minimum atomic E-state index is 0.104. The number of oxazole rings is 1. The molecule has 0 atom stereocenters. The Morgan fingerprint density at radius 1 is 1.05 bits per heavy atom. The third-order valence-corrected chi connectivity index (χ3v) is 9.10. The van der Waals surface area contributed by atoms with Gasteiger partial charge < -0.3 is 23.9 Å². The Labute approximate surface area is 246 Å². The Balaban J connectivity index is 1.37. The summed E-state index contributed by atoms with van der Waals surface area (Å²) >= 11 is 0. The maximum Gasteiger partial charge on any atom is 0.251 e. The van der Waals surface area contributed by atoms with E-state index in [1.165, 1.54) is 60.7 Å². The standard InChI is InChI=1S/C35H38N4O3/c1-24(37-22-32-36-14-17-42-32)26-12-13-30-31(21-26)39-23-28(35(40)38-15-18-41-19-16-38)20-27-10-6-7-11-29(27)34(39)33(30)25-8-4-2-3-5-9-25/h6-7,10-14,17,20-21,25,37H,1-5,8-9,15-16,18-19,22-23H2. The topological polar surface area (TPSA) is 72.5 Å². The van der Waals surface area contributed by atoms with Gasteiger partial charge >= 0.3 is 0 Å². The van der Waals surface area contributed by atoms with E-state index < -0.39 is 0 Å². The van der Waals surface area contributed by atoms with E-state index >= 15 is 0 Å². The number of carbonyl (C=O) groups excluding carboxylic acids is 1. The first-order chi connectivity index (χ1) is 20.7. The fourth-order valence-corrected chi connectivity index (χ4v) is 6.97. The summed E-state index contributed by atoms with van der Waals surface area (Å²) in [5, 5.41) is 4.67. The fraction of sp³-hybridized carbons (Fsp3) is 0.371. The van der Waals surface area contributed by atoms with Crippen molar-refractivity contribution in [2.75, 3.05) is 26.3 Å². The molecule has 42 heavy (non-hydrogen) atoms. The maximum atomic E-state index is 13.9. The van der Waals surface area contributed by atoms with E-state index in [4.69, 9.17) is 9.15 Å². The molecule has 3 aliphatic rings. The smallest absolute Gasteiger partial charge is 0.251 e. The minimum absolute atomic E-state index is 0.104. The molecule has 1 saturated heterocycles. The number of fused-ring (bicyclic) bond motifs is 5. The zero-order valence-electron chi connectivity index (χ0n) is 24.1. The lowest BCUT2D eigenvalue weighted by Crippen LogP contribution is -2.41. The molecular weight excluding hydrogens is 524 g/mol. The van der Waals surface area contributed by atoms with Crippen LogP contribution in [0.25, 0.3) is 33.9 Å². The molecule has 1 aliphatic carbocycles. The second-order valence-electron chi connectivity index (χ2n) is 11.7. The van der Waals surface area contributed by atoms with Gasteiger partial charge in [0.25, 0.3) is 5.91 Å². The van der Waals surface area contributed by atoms with Crippen molar-refractivity contribution >= 4 is 28.6 Å². The number of rotatable bonds is 6. The van der Waals surface area contributed by atoms with Crippen LogP contribution in [0.5, 0.6) is 0 Å². The van der Waals surface area contributed by atoms with E-state index in [0.29, 0.717) is 51.2 Å². The minimum Gasteiger partial charge on any atom is -0.447 e. The van der Waals surface area contributed by atoms with Gasteiger partial charge in [-0.25, -0.2) is 4.98 Å². The van der Waals surface area contributed by atoms with E-state index in [1.807, 2.05) is 4.90 Å². The summed E-state index contributed by atoms with van der Waals surface area (Å²) in [6.45, 7) is 7.77. The SMILES string of the molecule is C=C(NCc1ncco1)c1ccc2c(C3CCCCCC3)c3n(c2c1)CC(C(=O)N1CCOCC1)=Cc1ccccc1-3. The van der Waals surface area contributed by atoms with Crippen molar-refractivity contribution in [3.8, 4) is 11.3 Å². The number of morpholine rings is 1. The van der Waals surface area contributed by atoms with Crippen LogP contribution < -0.4 is 5.32 Å². The molecule has 0 radical (unpaired) electrons. The van der Waals surface area contributed by atoms with Crippen molar-refractivity contribution in [1.29, 1.82) is 0 Å².